The molecule has 1 rings (SSSR count). The summed E-state index contributed by atoms with van der Waals surface area (Å²) in [6.07, 6.45) is 1.82. The molecule has 1 aliphatic rings. The van der Waals surface area contributed by atoms with Gasteiger partial charge in [0.2, 0.25) is 5.91 Å². The number of carbonyl (C=O) groups is 2. The summed E-state index contributed by atoms with van der Waals surface area (Å²) in [5, 5.41) is 8.60. The van der Waals surface area contributed by atoms with Crippen molar-refractivity contribution in [3.63, 3.8) is 0 Å². The second-order valence-electron chi connectivity index (χ2n) is 3.28. The van der Waals surface area contributed by atoms with Crippen LogP contribution in [0.4, 0.5) is 0 Å². The van der Waals surface area contributed by atoms with Crippen molar-refractivity contribution < 1.29 is 19.4 Å². The molecule has 0 spiro atoms. The molecule has 0 heterocycles. The van der Waals surface area contributed by atoms with Crippen LogP contribution in [0.15, 0.2) is 0 Å². The summed E-state index contributed by atoms with van der Waals surface area (Å²) < 4.78 is 4.95. The molecule has 0 bridgehead atoms. The molecule has 80 valence electrons. The Morgan fingerprint density at radius 3 is 2.57 bits per heavy atom. The molecule has 1 N–H and O–H groups in total. The summed E-state index contributed by atoms with van der Waals surface area (Å²) in [5.41, 5.74) is 0. The van der Waals surface area contributed by atoms with Crippen molar-refractivity contribution in [1.29, 1.82) is 0 Å². The molecular weight excluding hydrogens is 186 g/mol. The van der Waals surface area contributed by atoms with E-state index in [1.54, 1.807) is 6.92 Å². The Kier molecular flexibility index (Phi) is 3.88. The van der Waals surface area contributed by atoms with E-state index in [1.165, 1.54) is 4.90 Å². The number of carboxylic acid groups (broad SMARTS) is 1. The average molecular weight is 201 g/mol. The molecule has 0 atom stereocenters. The molecule has 0 unspecified atom stereocenters. The minimum atomic E-state index is -0.971. The Morgan fingerprint density at radius 1 is 1.50 bits per heavy atom. The number of carbonyl (C=O) groups excluding carboxylic acids is 1. The van der Waals surface area contributed by atoms with Crippen LogP contribution in [0.2, 0.25) is 0 Å². The van der Waals surface area contributed by atoms with Crippen LogP contribution in [0.5, 0.6) is 0 Å². The summed E-state index contributed by atoms with van der Waals surface area (Å²) in [4.78, 5) is 23.3. The Hall–Kier alpha value is -1.10. The highest BCUT2D eigenvalue weighted by atomic mass is 16.5. The number of rotatable bonds is 6. The van der Waals surface area contributed by atoms with Gasteiger partial charge in [-0.25, -0.2) is 0 Å². The van der Waals surface area contributed by atoms with E-state index >= 15 is 0 Å². The highest BCUT2D eigenvalue weighted by Crippen LogP contribution is 2.26. The van der Waals surface area contributed by atoms with Gasteiger partial charge in [-0.3, -0.25) is 9.59 Å². The fourth-order valence-electron chi connectivity index (χ4n) is 1.23. The van der Waals surface area contributed by atoms with Gasteiger partial charge in [-0.2, -0.15) is 0 Å². The lowest BCUT2D eigenvalue weighted by atomic mass is 10.4. The van der Waals surface area contributed by atoms with Crippen LogP contribution in [0.3, 0.4) is 0 Å². The predicted octanol–water partition coefficient (Wildman–Crippen LogP) is 0.0985. The zero-order valence-electron chi connectivity index (χ0n) is 8.23. The first-order valence-corrected chi connectivity index (χ1v) is 4.74. The molecule has 1 saturated carbocycles. The number of hydrogen-bond acceptors (Lipinski definition) is 3. The SMILES string of the molecule is CCOCC(=O)N(CC(=O)O)C1CC1. The van der Waals surface area contributed by atoms with Gasteiger partial charge in [-0.15, -0.1) is 0 Å². The van der Waals surface area contributed by atoms with E-state index in [0.717, 1.165) is 12.8 Å². The maximum Gasteiger partial charge on any atom is 0.323 e. The van der Waals surface area contributed by atoms with Crippen LogP contribution in [0.25, 0.3) is 0 Å². The van der Waals surface area contributed by atoms with Gasteiger partial charge in [0, 0.05) is 12.6 Å². The van der Waals surface area contributed by atoms with E-state index in [4.69, 9.17) is 9.84 Å². The van der Waals surface area contributed by atoms with Gasteiger partial charge in [0.1, 0.15) is 13.2 Å². The smallest absolute Gasteiger partial charge is 0.323 e. The third kappa shape index (κ3) is 3.33. The van der Waals surface area contributed by atoms with Crippen molar-refractivity contribution in [3.8, 4) is 0 Å². The number of ether oxygens (including phenoxy) is 1. The molecule has 5 heteroatoms. The fourth-order valence-corrected chi connectivity index (χ4v) is 1.23. The fraction of sp³-hybridized carbons (Fsp3) is 0.778. The molecule has 14 heavy (non-hydrogen) atoms. The summed E-state index contributed by atoms with van der Waals surface area (Å²) >= 11 is 0. The number of nitrogens with zero attached hydrogens (tertiary/aromatic N) is 1. The maximum atomic E-state index is 11.5. The second kappa shape index (κ2) is 4.95. The Bertz CT molecular complexity index is 225. The Morgan fingerprint density at radius 2 is 2.14 bits per heavy atom. The van der Waals surface area contributed by atoms with Crippen LogP contribution in [0.1, 0.15) is 19.8 Å². The predicted molar refractivity (Wildman–Crippen MR) is 48.9 cm³/mol. The van der Waals surface area contributed by atoms with Gasteiger partial charge in [0.05, 0.1) is 0 Å². The lowest BCUT2D eigenvalue weighted by Gasteiger charge is -2.19. The minimum absolute atomic E-state index is 0.0136. The van der Waals surface area contributed by atoms with E-state index in [9.17, 15) is 9.59 Å². The molecule has 1 aliphatic carbocycles. The summed E-state index contributed by atoms with van der Waals surface area (Å²) in [6, 6.07) is 0.124. The van der Waals surface area contributed by atoms with Gasteiger partial charge in [0.25, 0.3) is 0 Å². The van der Waals surface area contributed by atoms with Crippen LogP contribution in [-0.4, -0.2) is 47.7 Å². The monoisotopic (exact) mass is 201 g/mol. The molecule has 0 aliphatic heterocycles. The van der Waals surface area contributed by atoms with Crippen LogP contribution in [0, 0.1) is 0 Å². The third-order valence-corrected chi connectivity index (χ3v) is 2.04. The van der Waals surface area contributed by atoms with Gasteiger partial charge in [0.15, 0.2) is 0 Å². The first kappa shape index (κ1) is 11.0. The molecule has 5 nitrogen and oxygen atoms in total. The van der Waals surface area contributed by atoms with Crippen molar-refractivity contribution in [2.24, 2.45) is 0 Å². The van der Waals surface area contributed by atoms with Crippen LogP contribution < -0.4 is 0 Å². The standard InChI is InChI=1S/C9H15NO4/c1-2-14-6-8(11)10(5-9(12)13)7-3-4-7/h7H,2-6H2,1H3,(H,12,13). The first-order valence-electron chi connectivity index (χ1n) is 4.74. The average Bonchev–Trinajstić information content (AvgIpc) is 2.93. The summed E-state index contributed by atoms with van der Waals surface area (Å²) in [5.74, 6) is -1.20. The van der Waals surface area contributed by atoms with E-state index in [0.29, 0.717) is 6.61 Å². The lowest BCUT2D eigenvalue weighted by Crippen LogP contribution is -2.39. The molecule has 0 aromatic carbocycles. The van der Waals surface area contributed by atoms with Gasteiger partial charge in [-0.1, -0.05) is 0 Å². The van der Waals surface area contributed by atoms with Crippen molar-refractivity contribution in [2.75, 3.05) is 19.8 Å². The first-order chi connectivity index (χ1) is 6.65. The number of amides is 1. The normalized spacial score (nSPS) is 15.2. The van der Waals surface area contributed by atoms with Gasteiger partial charge >= 0.3 is 5.97 Å². The van der Waals surface area contributed by atoms with E-state index < -0.39 is 5.97 Å². The van der Waals surface area contributed by atoms with Crippen molar-refractivity contribution in [1.82, 2.24) is 4.90 Å². The van der Waals surface area contributed by atoms with Crippen molar-refractivity contribution in [2.45, 2.75) is 25.8 Å². The molecule has 0 aromatic heterocycles. The van der Waals surface area contributed by atoms with Crippen molar-refractivity contribution in [3.05, 3.63) is 0 Å². The molecule has 0 aromatic rings. The quantitative estimate of drug-likeness (QED) is 0.661. The highest BCUT2D eigenvalue weighted by Gasteiger charge is 2.33. The van der Waals surface area contributed by atoms with E-state index in [1.807, 2.05) is 0 Å². The van der Waals surface area contributed by atoms with E-state index in [2.05, 4.69) is 0 Å². The molecule has 0 radical (unpaired) electrons. The van der Waals surface area contributed by atoms with E-state index in [-0.39, 0.29) is 25.1 Å². The number of aliphatic carboxylic acids is 1. The number of carboxylic acids is 1. The third-order valence-electron chi connectivity index (χ3n) is 2.04. The maximum absolute atomic E-state index is 11.5. The topological polar surface area (TPSA) is 66.8 Å². The van der Waals surface area contributed by atoms with Crippen molar-refractivity contribution >= 4 is 11.9 Å². The lowest BCUT2D eigenvalue weighted by molar-refractivity contribution is -0.146. The van der Waals surface area contributed by atoms with Gasteiger partial charge < -0.3 is 14.7 Å². The zero-order valence-corrected chi connectivity index (χ0v) is 8.23. The Balaban J connectivity index is 2.40. The Labute approximate surface area is 82.6 Å². The molecular formula is C9H15NO4. The van der Waals surface area contributed by atoms with Crippen LogP contribution in [-0.2, 0) is 14.3 Å². The summed E-state index contributed by atoms with van der Waals surface area (Å²) in [7, 11) is 0. The zero-order chi connectivity index (χ0) is 10.6. The largest absolute Gasteiger partial charge is 0.480 e. The minimum Gasteiger partial charge on any atom is -0.480 e. The summed E-state index contributed by atoms with van der Waals surface area (Å²) in [6.45, 7) is 2.04. The second-order valence-corrected chi connectivity index (χ2v) is 3.28. The number of hydrogen-bond donors (Lipinski definition) is 1. The highest BCUT2D eigenvalue weighted by molar-refractivity contribution is 5.82. The molecule has 0 saturated heterocycles. The van der Waals surface area contributed by atoms with Crippen LogP contribution >= 0.6 is 0 Å². The molecule has 1 fully saturated rings. The molecule has 1 amide bonds. The van der Waals surface area contributed by atoms with Gasteiger partial charge in [-0.05, 0) is 19.8 Å².